The van der Waals surface area contributed by atoms with Crippen molar-refractivity contribution in [2.24, 2.45) is 0 Å². The molecule has 130 valence electrons. The Morgan fingerprint density at radius 1 is 1.08 bits per heavy atom. The van der Waals surface area contributed by atoms with Crippen molar-refractivity contribution in [1.82, 2.24) is 0 Å². The third-order valence-electron chi connectivity index (χ3n) is 3.99. The van der Waals surface area contributed by atoms with Crippen LogP contribution in [0.25, 0.3) is 0 Å². The van der Waals surface area contributed by atoms with Gasteiger partial charge in [-0.25, -0.2) is 0 Å². The second-order valence-corrected chi connectivity index (χ2v) is 5.99. The third kappa shape index (κ3) is 3.53. The molecule has 0 aromatic heterocycles. The van der Waals surface area contributed by atoms with E-state index in [0.29, 0.717) is 39.8 Å². The fourth-order valence-electron chi connectivity index (χ4n) is 2.71. The minimum atomic E-state index is -0.296. The van der Waals surface area contributed by atoms with E-state index in [1.165, 1.54) is 7.11 Å². The second-order valence-electron chi connectivity index (χ2n) is 5.55. The van der Waals surface area contributed by atoms with Crippen LogP contribution in [0.5, 0.6) is 5.75 Å². The molecule has 0 aliphatic carbocycles. The molecule has 25 heavy (non-hydrogen) atoms. The van der Waals surface area contributed by atoms with Crippen LogP contribution >= 0.6 is 11.6 Å². The van der Waals surface area contributed by atoms with Crippen molar-refractivity contribution in [1.29, 1.82) is 0 Å². The summed E-state index contributed by atoms with van der Waals surface area (Å²) in [5.74, 6) is 0.0615. The quantitative estimate of drug-likeness (QED) is 0.812. The molecule has 7 heteroatoms. The molecule has 6 nitrogen and oxygen atoms in total. The molecule has 0 atom stereocenters. The Hall–Kier alpha value is -2.73. The highest BCUT2D eigenvalue weighted by molar-refractivity contribution is 6.31. The number of methoxy groups -OCH3 is 2. The van der Waals surface area contributed by atoms with Gasteiger partial charge >= 0.3 is 5.97 Å². The highest BCUT2D eigenvalue weighted by Gasteiger charge is 2.21. The van der Waals surface area contributed by atoms with Gasteiger partial charge in [0, 0.05) is 17.5 Å². The molecule has 1 aliphatic heterocycles. The number of carbonyl (C=O) groups excluding carboxylic acids is 2. The molecule has 3 rings (SSSR count). The van der Waals surface area contributed by atoms with Crippen molar-refractivity contribution in [2.45, 2.75) is 12.8 Å². The Bertz CT molecular complexity index is 851. The van der Waals surface area contributed by atoms with Crippen LogP contribution in [0, 0.1) is 0 Å². The van der Waals surface area contributed by atoms with Crippen molar-refractivity contribution >= 4 is 40.5 Å². The van der Waals surface area contributed by atoms with Gasteiger partial charge in [-0.3, -0.25) is 9.59 Å². The van der Waals surface area contributed by atoms with E-state index in [-0.39, 0.29) is 18.3 Å². The Labute approximate surface area is 150 Å². The topological polar surface area (TPSA) is 76.7 Å². The van der Waals surface area contributed by atoms with Gasteiger partial charge in [0.1, 0.15) is 5.75 Å². The van der Waals surface area contributed by atoms with Gasteiger partial charge in [-0.1, -0.05) is 11.6 Å². The number of esters is 1. The number of halogens is 1. The molecule has 0 saturated heterocycles. The number of hydrogen-bond acceptors (Lipinski definition) is 5. The van der Waals surface area contributed by atoms with Gasteiger partial charge in [0.05, 0.1) is 36.8 Å². The van der Waals surface area contributed by atoms with Gasteiger partial charge < -0.3 is 20.1 Å². The summed E-state index contributed by atoms with van der Waals surface area (Å²) >= 11 is 6.04. The Kier molecular flexibility index (Phi) is 4.81. The third-order valence-corrected chi connectivity index (χ3v) is 4.23. The molecule has 1 aliphatic rings. The van der Waals surface area contributed by atoms with E-state index in [1.807, 2.05) is 6.07 Å². The predicted octanol–water partition coefficient (Wildman–Crippen LogP) is 3.76. The summed E-state index contributed by atoms with van der Waals surface area (Å²) in [6.45, 7) is 0. The minimum absolute atomic E-state index is 0.234. The lowest BCUT2D eigenvalue weighted by molar-refractivity contribution is -0.140. The number of benzene rings is 2. The molecule has 0 fully saturated rings. The summed E-state index contributed by atoms with van der Waals surface area (Å²) in [6, 6.07) is 8.62. The monoisotopic (exact) mass is 360 g/mol. The molecule has 0 spiro atoms. The van der Waals surface area contributed by atoms with Gasteiger partial charge in [0.15, 0.2) is 0 Å². The minimum Gasteiger partial charge on any atom is -0.496 e. The summed E-state index contributed by atoms with van der Waals surface area (Å²) in [6.07, 6.45) is 0.696. The van der Waals surface area contributed by atoms with Crippen LogP contribution in [0.4, 0.5) is 17.1 Å². The first kappa shape index (κ1) is 17.1. The summed E-state index contributed by atoms with van der Waals surface area (Å²) in [5.41, 5.74) is 3.24. The van der Waals surface area contributed by atoms with Gasteiger partial charge in [-0.15, -0.1) is 0 Å². The zero-order valence-electron chi connectivity index (χ0n) is 13.8. The Morgan fingerprint density at radius 2 is 1.84 bits per heavy atom. The van der Waals surface area contributed by atoms with Crippen molar-refractivity contribution in [3.8, 4) is 5.75 Å². The highest BCUT2D eigenvalue weighted by Crippen LogP contribution is 2.38. The van der Waals surface area contributed by atoms with Gasteiger partial charge in [0.2, 0.25) is 0 Å². The van der Waals surface area contributed by atoms with Crippen molar-refractivity contribution < 1.29 is 19.1 Å². The van der Waals surface area contributed by atoms with Gasteiger partial charge in [0.25, 0.3) is 5.91 Å². The van der Waals surface area contributed by atoms with Crippen molar-refractivity contribution in [3.05, 3.63) is 46.5 Å². The average molecular weight is 361 g/mol. The lowest BCUT2D eigenvalue weighted by atomic mass is 10.1. The summed E-state index contributed by atoms with van der Waals surface area (Å²) in [5, 5.41) is 6.62. The standard InChI is InChI=1S/C18H17ClN2O4/c1-24-16-9-15-14(7-10(16)3-6-17(22)25-2)20-13-8-11(19)4-5-12(13)18(23)21-15/h4-5,7-9,20H,3,6H2,1-2H3,(H,21,23). The zero-order chi connectivity index (χ0) is 18.0. The number of rotatable bonds is 4. The molecule has 1 amide bonds. The van der Waals surface area contributed by atoms with Crippen LogP contribution in [-0.2, 0) is 16.0 Å². The van der Waals surface area contributed by atoms with E-state index >= 15 is 0 Å². The van der Waals surface area contributed by atoms with E-state index in [9.17, 15) is 9.59 Å². The first-order valence-electron chi connectivity index (χ1n) is 7.67. The van der Waals surface area contributed by atoms with Gasteiger partial charge in [-0.05, 0) is 36.2 Å². The summed E-state index contributed by atoms with van der Waals surface area (Å²) in [7, 11) is 2.90. The number of ether oxygens (including phenoxy) is 2. The number of anilines is 3. The zero-order valence-corrected chi connectivity index (χ0v) is 14.6. The van der Waals surface area contributed by atoms with Crippen molar-refractivity contribution in [2.75, 3.05) is 24.9 Å². The molecule has 0 bridgehead atoms. The molecule has 2 aromatic carbocycles. The highest BCUT2D eigenvalue weighted by atomic mass is 35.5. The summed E-state index contributed by atoms with van der Waals surface area (Å²) in [4.78, 5) is 23.8. The van der Waals surface area contributed by atoms with Crippen LogP contribution in [0.3, 0.4) is 0 Å². The fourth-order valence-corrected chi connectivity index (χ4v) is 2.88. The van der Waals surface area contributed by atoms with Crippen LogP contribution in [0.15, 0.2) is 30.3 Å². The molecule has 0 radical (unpaired) electrons. The number of nitrogens with one attached hydrogen (secondary N) is 2. The maximum Gasteiger partial charge on any atom is 0.305 e. The maximum atomic E-state index is 12.4. The first-order valence-corrected chi connectivity index (χ1v) is 8.05. The lowest BCUT2D eigenvalue weighted by Gasteiger charge is -2.15. The normalized spacial score (nSPS) is 12.2. The molecule has 2 N–H and O–H groups in total. The van der Waals surface area contributed by atoms with E-state index in [2.05, 4.69) is 15.4 Å². The number of fused-ring (bicyclic) bond motifs is 2. The van der Waals surface area contributed by atoms with E-state index in [1.54, 1.807) is 31.4 Å². The van der Waals surface area contributed by atoms with Gasteiger partial charge in [-0.2, -0.15) is 0 Å². The lowest BCUT2D eigenvalue weighted by Crippen LogP contribution is -2.11. The molecular formula is C18H17ClN2O4. The number of aryl methyl sites for hydroxylation is 1. The molecular weight excluding hydrogens is 344 g/mol. The smallest absolute Gasteiger partial charge is 0.305 e. The fraction of sp³-hybridized carbons (Fsp3) is 0.222. The average Bonchev–Trinajstić information content (AvgIpc) is 2.73. The number of carbonyl (C=O) groups is 2. The Morgan fingerprint density at radius 3 is 2.56 bits per heavy atom. The van der Waals surface area contributed by atoms with Crippen LogP contribution in [0.2, 0.25) is 5.02 Å². The molecule has 1 heterocycles. The van der Waals surface area contributed by atoms with Crippen molar-refractivity contribution in [3.63, 3.8) is 0 Å². The predicted molar refractivity (Wildman–Crippen MR) is 96.0 cm³/mol. The largest absolute Gasteiger partial charge is 0.496 e. The second kappa shape index (κ2) is 7.03. The van der Waals surface area contributed by atoms with Crippen LogP contribution in [0.1, 0.15) is 22.3 Å². The molecule has 0 unspecified atom stereocenters. The van der Waals surface area contributed by atoms with Crippen LogP contribution in [-0.4, -0.2) is 26.1 Å². The van der Waals surface area contributed by atoms with E-state index < -0.39 is 0 Å². The maximum absolute atomic E-state index is 12.4. The van der Waals surface area contributed by atoms with E-state index in [4.69, 9.17) is 16.3 Å². The molecule has 0 saturated carbocycles. The SMILES string of the molecule is COC(=O)CCc1cc2c(cc1OC)NC(=O)c1ccc(Cl)cc1N2. The van der Waals surface area contributed by atoms with Crippen LogP contribution < -0.4 is 15.4 Å². The van der Waals surface area contributed by atoms with E-state index in [0.717, 1.165) is 5.56 Å². The summed E-state index contributed by atoms with van der Waals surface area (Å²) < 4.78 is 10.1. The number of hydrogen-bond donors (Lipinski definition) is 2. The molecule has 2 aromatic rings. The first-order chi connectivity index (χ1) is 12.0. The Balaban J connectivity index is 2.00. The number of amides is 1.